The highest BCUT2D eigenvalue weighted by molar-refractivity contribution is 5.69. The van der Waals surface area contributed by atoms with Gasteiger partial charge >= 0.3 is 5.97 Å². The van der Waals surface area contributed by atoms with E-state index in [9.17, 15) is 4.79 Å². The first-order valence-corrected chi connectivity index (χ1v) is 5.10. The molecule has 14 heavy (non-hydrogen) atoms. The number of aliphatic hydroxyl groups is 1. The van der Waals surface area contributed by atoms with Crippen molar-refractivity contribution in [3.8, 4) is 0 Å². The van der Waals surface area contributed by atoms with Crippen molar-refractivity contribution in [3.63, 3.8) is 0 Å². The van der Waals surface area contributed by atoms with E-state index in [-0.39, 0.29) is 12.5 Å². The maximum atomic E-state index is 10.7. The number of hydrogen-bond donors (Lipinski definition) is 2. The molecule has 2 N–H and O–H groups in total. The van der Waals surface area contributed by atoms with E-state index in [0.717, 1.165) is 6.42 Å². The molecule has 0 amide bonds. The zero-order chi connectivity index (χ0) is 11.1. The van der Waals surface area contributed by atoms with E-state index in [1.165, 1.54) is 0 Å². The fraction of sp³-hybridized carbons (Fsp3) is 0.900. The van der Waals surface area contributed by atoms with Gasteiger partial charge in [0.2, 0.25) is 0 Å². The molecule has 4 heteroatoms. The molecular formula is C10H21NO3. The lowest BCUT2D eigenvalue weighted by Crippen LogP contribution is -2.39. The first-order chi connectivity index (χ1) is 6.52. The van der Waals surface area contributed by atoms with Crippen molar-refractivity contribution in [1.82, 2.24) is 4.90 Å². The minimum absolute atomic E-state index is 0.0800. The second-order valence-electron chi connectivity index (χ2n) is 3.72. The summed E-state index contributed by atoms with van der Waals surface area (Å²) in [5.74, 6) is -1.16. The number of carbonyl (C=O) groups is 1. The second-order valence-corrected chi connectivity index (χ2v) is 3.72. The average Bonchev–Trinajstić information content (AvgIpc) is 2.15. The van der Waals surface area contributed by atoms with Crippen LogP contribution in [0.2, 0.25) is 0 Å². The van der Waals surface area contributed by atoms with E-state index in [1.807, 2.05) is 11.8 Å². The second kappa shape index (κ2) is 6.79. The van der Waals surface area contributed by atoms with Gasteiger partial charge in [-0.3, -0.25) is 9.69 Å². The summed E-state index contributed by atoms with van der Waals surface area (Å²) in [6, 6.07) is 0.323. The molecule has 0 spiro atoms. The van der Waals surface area contributed by atoms with Gasteiger partial charge in [-0.2, -0.15) is 0 Å². The van der Waals surface area contributed by atoms with Crippen LogP contribution in [-0.2, 0) is 4.79 Å². The van der Waals surface area contributed by atoms with Crippen LogP contribution in [0.25, 0.3) is 0 Å². The Labute approximate surface area is 85.5 Å². The minimum Gasteiger partial charge on any atom is -0.481 e. The van der Waals surface area contributed by atoms with Crippen LogP contribution in [0.1, 0.15) is 27.2 Å². The predicted molar refractivity (Wildman–Crippen MR) is 55.2 cm³/mol. The Bertz CT molecular complexity index is 173. The molecule has 2 atom stereocenters. The van der Waals surface area contributed by atoms with Gasteiger partial charge in [0.05, 0.1) is 12.5 Å². The van der Waals surface area contributed by atoms with Gasteiger partial charge in [-0.25, -0.2) is 0 Å². The monoisotopic (exact) mass is 203 g/mol. The van der Waals surface area contributed by atoms with Gasteiger partial charge in [0.15, 0.2) is 0 Å². The molecule has 0 saturated carbocycles. The van der Waals surface area contributed by atoms with Crippen molar-refractivity contribution in [2.45, 2.75) is 33.2 Å². The SMILES string of the molecule is CCC(C)N(CCO)CC(C)C(=O)O. The number of aliphatic carboxylic acids is 1. The molecule has 0 aromatic rings. The van der Waals surface area contributed by atoms with Crippen molar-refractivity contribution < 1.29 is 15.0 Å². The number of carboxylic acids is 1. The third kappa shape index (κ3) is 4.58. The Morgan fingerprint density at radius 2 is 2.00 bits per heavy atom. The molecule has 0 fully saturated rings. The molecule has 0 aliphatic rings. The van der Waals surface area contributed by atoms with E-state index in [2.05, 4.69) is 6.92 Å². The third-order valence-electron chi connectivity index (χ3n) is 2.53. The highest BCUT2D eigenvalue weighted by Gasteiger charge is 2.18. The molecule has 0 bridgehead atoms. The molecule has 0 heterocycles. The van der Waals surface area contributed by atoms with Crippen LogP contribution in [0.3, 0.4) is 0 Å². The molecule has 84 valence electrons. The highest BCUT2D eigenvalue weighted by Crippen LogP contribution is 2.07. The number of carboxylic acid groups (broad SMARTS) is 1. The minimum atomic E-state index is -0.781. The lowest BCUT2D eigenvalue weighted by atomic mass is 10.1. The van der Waals surface area contributed by atoms with Crippen molar-refractivity contribution in [2.75, 3.05) is 19.7 Å². The van der Waals surface area contributed by atoms with E-state index >= 15 is 0 Å². The van der Waals surface area contributed by atoms with Gasteiger partial charge in [-0.1, -0.05) is 13.8 Å². The first kappa shape index (κ1) is 13.4. The van der Waals surface area contributed by atoms with Crippen molar-refractivity contribution in [3.05, 3.63) is 0 Å². The van der Waals surface area contributed by atoms with Gasteiger partial charge < -0.3 is 10.2 Å². The van der Waals surface area contributed by atoms with Crippen LogP contribution in [0, 0.1) is 5.92 Å². The molecule has 0 saturated heterocycles. The Balaban J connectivity index is 4.14. The molecule has 0 aliphatic carbocycles. The van der Waals surface area contributed by atoms with E-state index in [1.54, 1.807) is 6.92 Å². The Morgan fingerprint density at radius 1 is 1.43 bits per heavy atom. The van der Waals surface area contributed by atoms with Gasteiger partial charge in [0, 0.05) is 19.1 Å². The summed E-state index contributed by atoms with van der Waals surface area (Å²) in [5.41, 5.74) is 0. The summed E-state index contributed by atoms with van der Waals surface area (Å²) in [7, 11) is 0. The third-order valence-corrected chi connectivity index (χ3v) is 2.53. The predicted octanol–water partition coefficient (Wildman–Crippen LogP) is 0.800. The Hall–Kier alpha value is -0.610. The van der Waals surface area contributed by atoms with Gasteiger partial charge in [-0.15, -0.1) is 0 Å². The molecule has 0 aromatic heterocycles. The number of rotatable bonds is 7. The first-order valence-electron chi connectivity index (χ1n) is 5.10. The van der Waals surface area contributed by atoms with Crippen LogP contribution in [0.4, 0.5) is 0 Å². The van der Waals surface area contributed by atoms with Gasteiger partial charge in [0.25, 0.3) is 0 Å². The van der Waals surface area contributed by atoms with Crippen molar-refractivity contribution >= 4 is 5.97 Å². The van der Waals surface area contributed by atoms with Crippen LogP contribution in [0.5, 0.6) is 0 Å². The van der Waals surface area contributed by atoms with Crippen molar-refractivity contribution in [1.29, 1.82) is 0 Å². The number of aliphatic hydroxyl groups excluding tert-OH is 1. The van der Waals surface area contributed by atoms with E-state index in [4.69, 9.17) is 10.2 Å². The zero-order valence-electron chi connectivity index (χ0n) is 9.23. The summed E-state index contributed by atoms with van der Waals surface area (Å²) in [6.07, 6.45) is 0.965. The topological polar surface area (TPSA) is 60.8 Å². The van der Waals surface area contributed by atoms with Crippen LogP contribution in [0.15, 0.2) is 0 Å². The van der Waals surface area contributed by atoms with E-state index in [0.29, 0.717) is 19.1 Å². The molecule has 0 radical (unpaired) electrons. The van der Waals surface area contributed by atoms with Crippen molar-refractivity contribution in [2.24, 2.45) is 5.92 Å². The number of nitrogens with zero attached hydrogens (tertiary/aromatic N) is 1. The van der Waals surface area contributed by atoms with Crippen LogP contribution in [-0.4, -0.2) is 46.8 Å². The summed E-state index contributed by atoms with van der Waals surface area (Å²) >= 11 is 0. The normalized spacial score (nSPS) is 15.5. The quantitative estimate of drug-likeness (QED) is 0.642. The molecule has 4 nitrogen and oxygen atoms in total. The van der Waals surface area contributed by atoms with Crippen LogP contribution >= 0.6 is 0 Å². The summed E-state index contributed by atoms with van der Waals surface area (Å²) < 4.78 is 0. The zero-order valence-corrected chi connectivity index (χ0v) is 9.23. The fourth-order valence-corrected chi connectivity index (χ4v) is 1.31. The standard InChI is InChI=1S/C10H21NO3/c1-4-9(3)11(5-6-12)7-8(2)10(13)14/h8-9,12H,4-7H2,1-3H3,(H,13,14). The molecule has 0 aromatic carbocycles. The molecular weight excluding hydrogens is 182 g/mol. The maximum absolute atomic E-state index is 10.7. The van der Waals surface area contributed by atoms with Crippen LogP contribution < -0.4 is 0 Å². The summed E-state index contributed by atoms with van der Waals surface area (Å²) in [6.45, 7) is 6.92. The smallest absolute Gasteiger partial charge is 0.307 e. The largest absolute Gasteiger partial charge is 0.481 e. The maximum Gasteiger partial charge on any atom is 0.307 e. The van der Waals surface area contributed by atoms with Gasteiger partial charge in [-0.05, 0) is 13.3 Å². The summed E-state index contributed by atoms with van der Waals surface area (Å²) in [4.78, 5) is 12.7. The van der Waals surface area contributed by atoms with E-state index < -0.39 is 5.97 Å². The Morgan fingerprint density at radius 3 is 2.36 bits per heavy atom. The molecule has 0 rings (SSSR count). The Kier molecular flexibility index (Phi) is 6.49. The highest BCUT2D eigenvalue weighted by atomic mass is 16.4. The molecule has 2 unspecified atom stereocenters. The van der Waals surface area contributed by atoms with Gasteiger partial charge in [0.1, 0.15) is 0 Å². The number of hydrogen-bond acceptors (Lipinski definition) is 3. The lowest BCUT2D eigenvalue weighted by Gasteiger charge is -2.28. The molecule has 0 aliphatic heterocycles. The fourth-order valence-electron chi connectivity index (χ4n) is 1.31. The summed E-state index contributed by atoms with van der Waals surface area (Å²) in [5, 5.41) is 17.6. The average molecular weight is 203 g/mol. The lowest BCUT2D eigenvalue weighted by molar-refractivity contribution is -0.142.